The number of carboxylic acids is 1. The zero-order valence-corrected chi connectivity index (χ0v) is 9.84. The minimum absolute atomic E-state index is 0.111. The molecule has 6 heteroatoms. The summed E-state index contributed by atoms with van der Waals surface area (Å²) in [7, 11) is 0. The Balaban J connectivity index is 2.21. The van der Waals surface area contributed by atoms with Crippen LogP contribution in [-0.4, -0.2) is 40.9 Å². The van der Waals surface area contributed by atoms with E-state index in [-0.39, 0.29) is 12.2 Å². The van der Waals surface area contributed by atoms with Crippen molar-refractivity contribution in [2.45, 2.75) is 12.8 Å². The molecule has 0 amide bonds. The Hall–Kier alpha value is -1.69. The van der Waals surface area contributed by atoms with Gasteiger partial charge in [-0.05, 0) is 24.8 Å². The van der Waals surface area contributed by atoms with Crippen molar-refractivity contribution in [2.75, 3.05) is 24.6 Å². The molecule has 0 radical (unpaired) electrons. The van der Waals surface area contributed by atoms with Gasteiger partial charge in [0.15, 0.2) is 0 Å². The Bertz CT molecular complexity index is 453. The van der Waals surface area contributed by atoms with E-state index in [1.54, 1.807) is 0 Å². The third-order valence-electron chi connectivity index (χ3n) is 3.19. The van der Waals surface area contributed by atoms with Crippen LogP contribution in [0.15, 0.2) is 12.3 Å². The Morgan fingerprint density at radius 1 is 1.61 bits per heavy atom. The van der Waals surface area contributed by atoms with Crippen LogP contribution >= 0.6 is 0 Å². The molecule has 1 aromatic rings. The first-order valence-corrected chi connectivity index (χ1v) is 5.86. The van der Waals surface area contributed by atoms with Crippen LogP contribution in [0.2, 0.25) is 0 Å². The number of anilines is 1. The number of nitrogens with zero attached hydrogens (tertiary/aromatic N) is 2. The predicted molar refractivity (Wildman–Crippen MR) is 63.2 cm³/mol. The average molecular weight is 254 g/mol. The van der Waals surface area contributed by atoms with Gasteiger partial charge in [0.05, 0.1) is 6.20 Å². The topological polar surface area (TPSA) is 73.7 Å². The van der Waals surface area contributed by atoms with Gasteiger partial charge in [0.1, 0.15) is 17.2 Å². The quantitative estimate of drug-likeness (QED) is 0.842. The number of halogens is 1. The fraction of sp³-hybridized carbons (Fsp3) is 0.500. The van der Waals surface area contributed by atoms with E-state index in [9.17, 15) is 9.18 Å². The highest BCUT2D eigenvalue weighted by atomic mass is 19.1. The molecule has 2 heterocycles. The van der Waals surface area contributed by atoms with Crippen molar-refractivity contribution in [3.05, 3.63) is 23.6 Å². The lowest BCUT2D eigenvalue weighted by Gasteiger charge is -2.19. The first kappa shape index (κ1) is 12.8. The summed E-state index contributed by atoms with van der Waals surface area (Å²) >= 11 is 0. The van der Waals surface area contributed by atoms with Gasteiger partial charge in [-0.15, -0.1) is 0 Å². The highest BCUT2D eigenvalue weighted by molar-refractivity contribution is 5.93. The number of carbonyl (C=O) groups is 1. The molecule has 1 aliphatic heterocycles. The van der Waals surface area contributed by atoms with Crippen LogP contribution in [0.1, 0.15) is 23.2 Å². The van der Waals surface area contributed by atoms with Gasteiger partial charge in [-0.3, -0.25) is 0 Å². The Labute approximate surface area is 104 Å². The van der Waals surface area contributed by atoms with Gasteiger partial charge < -0.3 is 15.1 Å². The summed E-state index contributed by atoms with van der Waals surface area (Å²) in [5, 5.41) is 17.9. The van der Waals surface area contributed by atoms with Crippen molar-refractivity contribution in [1.82, 2.24) is 4.98 Å². The molecule has 1 aromatic heterocycles. The van der Waals surface area contributed by atoms with Gasteiger partial charge in [0, 0.05) is 19.7 Å². The molecule has 1 unspecified atom stereocenters. The number of hydrogen-bond donors (Lipinski definition) is 2. The fourth-order valence-electron chi connectivity index (χ4n) is 2.28. The molecule has 1 aliphatic rings. The van der Waals surface area contributed by atoms with Crippen LogP contribution < -0.4 is 4.90 Å². The first-order chi connectivity index (χ1) is 8.61. The van der Waals surface area contributed by atoms with Gasteiger partial charge in [0.25, 0.3) is 0 Å². The molecule has 18 heavy (non-hydrogen) atoms. The van der Waals surface area contributed by atoms with Crippen LogP contribution in [0.5, 0.6) is 0 Å². The summed E-state index contributed by atoms with van der Waals surface area (Å²) in [5.74, 6) is -1.18. The molecule has 1 atom stereocenters. The van der Waals surface area contributed by atoms with Crippen molar-refractivity contribution in [2.24, 2.45) is 5.92 Å². The molecule has 5 nitrogen and oxygen atoms in total. The molecular weight excluding hydrogens is 239 g/mol. The molecule has 0 saturated carbocycles. The van der Waals surface area contributed by atoms with E-state index >= 15 is 0 Å². The molecule has 0 spiro atoms. The zero-order valence-electron chi connectivity index (χ0n) is 9.84. The highest BCUT2D eigenvalue weighted by Crippen LogP contribution is 2.27. The maximum Gasteiger partial charge on any atom is 0.339 e. The fourth-order valence-corrected chi connectivity index (χ4v) is 2.28. The maximum absolute atomic E-state index is 13.0. The monoisotopic (exact) mass is 254 g/mol. The SMILES string of the molecule is O=C(O)c1cc(F)cnc1N1CCC(CCO)C1. The lowest BCUT2D eigenvalue weighted by molar-refractivity contribution is 0.0696. The molecule has 2 rings (SSSR count). The molecular formula is C12H15FN2O3. The molecule has 0 bridgehead atoms. The highest BCUT2D eigenvalue weighted by Gasteiger charge is 2.26. The van der Waals surface area contributed by atoms with E-state index in [1.807, 2.05) is 4.90 Å². The van der Waals surface area contributed by atoms with E-state index in [1.165, 1.54) is 0 Å². The molecule has 98 valence electrons. The third-order valence-corrected chi connectivity index (χ3v) is 3.19. The van der Waals surface area contributed by atoms with Crippen molar-refractivity contribution in [3.8, 4) is 0 Å². The van der Waals surface area contributed by atoms with Crippen molar-refractivity contribution >= 4 is 11.8 Å². The average Bonchev–Trinajstić information content (AvgIpc) is 2.78. The minimum atomic E-state index is -1.18. The number of aliphatic hydroxyl groups is 1. The summed E-state index contributed by atoms with van der Waals surface area (Å²) in [6.07, 6.45) is 2.61. The smallest absolute Gasteiger partial charge is 0.339 e. The van der Waals surface area contributed by atoms with E-state index in [0.29, 0.717) is 31.2 Å². The summed E-state index contributed by atoms with van der Waals surface area (Å²) in [6, 6.07) is 0.990. The Morgan fingerprint density at radius 2 is 2.39 bits per heavy atom. The molecule has 2 N–H and O–H groups in total. The van der Waals surface area contributed by atoms with Crippen molar-refractivity contribution < 1.29 is 19.4 Å². The standard InChI is InChI=1S/C12H15FN2O3/c13-9-5-10(12(17)18)11(14-6-9)15-3-1-8(7-15)2-4-16/h5-6,8,16H,1-4,7H2,(H,17,18). The number of pyridine rings is 1. The van der Waals surface area contributed by atoms with Gasteiger partial charge >= 0.3 is 5.97 Å². The lowest BCUT2D eigenvalue weighted by atomic mass is 10.1. The predicted octanol–water partition coefficient (Wildman–Crippen LogP) is 1.13. The second-order valence-corrected chi connectivity index (χ2v) is 4.44. The Kier molecular flexibility index (Phi) is 3.76. The van der Waals surface area contributed by atoms with E-state index < -0.39 is 11.8 Å². The van der Waals surface area contributed by atoms with Gasteiger partial charge in [-0.2, -0.15) is 0 Å². The van der Waals surface area contributed by atoms with Crippen LogP contribution in [-0.2, 0) is 0 Å². The summed E-state index contributed by atoms with van der Waals surface area (Å²) in [4.78, 5) is 16.8. The number of hydrogen-bond acceptors (Lipinski definition) is 4. The number of carboxylic acid groups (broad SMARTS) is 1. The molecule has 1 fully saturated rings. The van der Waals surface area contributed by atoms with E-state index in [0.717, 1.165) is 18.7 Å². The van der Waals surface area contributed by atoms with Gasteiger partial charge in [-0.1, -0.05) is 0 Å². The number of aromatic nitrogens is 1. The molecule has 0 aliphatic carbocycles. The molecule has 1 saturated heterocycles. The molecule has 0 aromatic carbocycles. The van der Waals surface area contributed by atoms with Gasteiger partial charge in [-0.25, -0.2) is 14.2 Å². The number of rotatable bonds is 4. The maximum atomic E-state index is 13.0. The number of aliphatic hydroxyl groups excluding tert-OH is 1. The van der Waals surface area contributed by atoms with Crippen molar-refractivity contribution in [1.29, 1.82) is 0 Å². The lowest BCUT2D eigenvalue weighted by Crippen LogP contribution is -2.23. The van der Waals surface area contributed by atoms with E-state index in [2.05, 4.69) is 4.98 Å². The van der Waals surface area contributed by atoms with Crippen LogP contribution in [0, 0.1) is 11.7 Å². The first-order valence-electron chi connectivity index (χ1n) is 5.86. The largest absolute Gasteiger partial charge is 0.478 e. The summed E-state index contributed by atoms with van der Waals surface area (Å²) in [5.41, 5.74) is -0.111. The summed E-state index contributed by atoms with van der Waals surface area (Å²) in [6.45, 7) is 1.46. The second kappa shape index (κ2) is 5.30. The number of aromatic carboxylic acids is 1. The van der Waals surface area contributed by atoms with Crippen LogP contribution in [0.25, 0.3) is 0 Å². The van der Waals surface area contributed by atoms with Crippen LogP contribution in [0.3, 0.4) is 0 Å². The van der Waals surface area contributed by atoms with Crippen LogP contribution in [0.4, 0.5) is 10.2 Å². The minimum Gasteiger partial charge on any atom is -0.478 e. The van der Waals surface area contributed by atoms with E-state index in [4.69, 9.17) is 10.2 Å². The Morgan fingerprint density at radius 3 is 3.06 bits per heavy atom. The normalized spacial score (nSPS) is 19.2. The third kappa shape index (κ3) is 2.59. The van der Waals surface area contributed by atoms with Crippen molar-refractivity contribution in [3.63, 3.8) is 0 Å². The second-order valence-electron chi connectivity index (χ2n) is 4.44. The summed E-state index contributed by atoms with van der Waals surface area (Å²) < 4.78 is 13.0. The van der Waals surface area contributed by atoms with Gasteiger partial charge in [0.2, 0.25) is 0 Å². The zero-order chi connectivity index (χ0) is 13.1.